The topological polar surface area (TPSA) is 39.9 Å². The summed E-state index contributed by atoms with van der Waals surface area (Å²) in [5, 5.41) is 4.43. The number of fused-ring (bicyclic) bond motifs is 1. The second-order valence-corrected chi connectivity index (χ2v) is 10.8. The highest BCUT2D eigenvalue weighted by Crippen LogP contribution is 2.41. The Bertz CT molecular complexity index is 381. The van der Waals surface area contributed by atoms with E-state index < -0.39 is 8.32 Å². The summed E-state index contributed by atoms with van der Waals surface area (Å²) in [7, 11) is -1.69. The first-order valence-corrected chi connectivity index (χ1v) is 8.77. The maximum absolute atomic E-state index is 6.36. The van der Waals surface area contributed by atoms with Crippen LogP contribution in [0.2, 0.25) is 18.1 Å². The van der Waals surface area contributed by atoms with Gasteiger partial charge in [-0.2, -0.15) is 5.10 Å². The molecule has 0 radical (unpaired) electrons. The maximum Gasteiger partial charge on any atom is 0.193 e. The standard InChI is InChI=1S/C11H21N3OSi/c1-11(2,3)16(4,5)15-9-6-7-14-10(9)12-8-13-14/h8-9H,6-7H2,1-5H3. The van der Waals surface area contributed by atoms with Gasteiger partial charge < -0.3 is 4.43 Å². The molecule has 0 aromatic carbocycles. The van der Waals surface area contributed by atoms with Crippen LogP contribution in [-0.2, 0) is 11.0 Å². The van der Waals surface area contributed by atoms with E-state index in [1.54, 1.807) is 6.33 Å². The normalized spacial score (nSPS) is 21.2. The van der Waals surface area contributed by atoms with Gasteiger partial charge in [-0.25, -0.2) is 9.67 Å². The zero-order valence-corrected chi connectivity index (χ0v) is 11.8. The third kappa shape index (κ3) is 1.93. The minimum atomic E-state index is -1.69. The lowest BCUT2D eigenvalue weighted by molar-refractivity contribution is 0.181. The summed E-state index contributed by atoms with van der Waals surface area (Å²) in [6.45, 7) is 12.3. The number of rotatable bonds is 2. The Balaban J connectivity index is 2.13. The van der Waals surface area contributed by atoms with Crippen LogP contribution in [-0.4, -0.2) is 23.1 Å². The Morgan fingerprint density at radius 2 is 2.12 bits per heavy atom. The average Bonchev–Trinajstić information content (AvgIpc) is 2.67. The van der Waals surface area contributed by atoms with Crippen LogP contribution < -0.4 is 0 Å². The number of aryl methyl sites for hydroxylation is 1. The highest BCUT2D eigenvalue weighted by Gasteiger charge is 2.41. The van der Waals surface area contributed by atoms with Crippen LogP contribution in [0.3, 0.4) is 0 Å². The molecule has 1 aliphatic rings. The van der Waals surface area contributed by atoms with E-state index in [0.717, 1.165) is 18.8 Å². The van der Waals surface area contributed by atoms with Crippen LogP contribution in [0, 0.1) is 0 Å². The number of hydrogen-bond acceptors (Lipinski definition) is 3. The van der Waals surface area contributed by atoms with E-state index in [9.17, 15) is 0 Å². The quantitative estimate of drug-likeness (QED) is 0.745. The van der Waals surface area contributed by atoms with Crippen molar-refractivity contribution in [2.24, 2.45) is 0 Å². The molecule has 90 valence electrons. The van der Waals surface area contributed by atoms with Crippen LogP contribution in [0.5, 0.6) is 0 Å². The van der Waals surface area contributed by atoms with E-state index in [-0.39, 0.29) is 11.1 Å². The molecule has 0 fully saturated rings. The predicted octanol–water partition coefficient (Wildman–Crippen LogP) is 2.74. The summed E-state index contributed by atoms with van der Waals surface area (Å²) in [5.41, 5.74) is 0. The molecule has 0 N–H and O–H groups in total. The molecule has 0 aliphatic carbocycles. The zero-order valence-electron chi connectivity index (χ0n) is 10.8. The monoisotopic (exact) mass is 239 g/mol. The van der Waals surface area contributed by atoms with Gasteiger partial charge in [-0.3, -0.25) is 0 Å². The first-order valence-electron chi connectivity index (χ1n) is 5.87. The fraction of sp³-hybridized carbons (Fsp3) is 0.818. The SMILES string of the molecule is CC(C)(C)[Si](C)(C)OC1CCn2ncnc21. The van der Waals surface area contributed by atoms with Crippen molar-refractivity contribution in [2.45, 2.75) is 58.0 Å². The smallest absolute Gasteiger partial charge is 0.193 e. The second kappa shape index (κ2) is 3.67. The van der Waals surface area contributed by atoms with E-state index in [2.05, 4.69) is 43.9 Å². The Morgan fingerprint density at radius 3 is 2.75 bits per heavy atom. The molecule has 0 spiro atoms. The molecule has 2 heterocycles. The van der Waals surface area contributed by atoms with E-state index in [1.165, 1.54) is 0 Å². The van der Waals surface area contributed by atoms with Crippen molar-refractivity contribution < 1.29 is 4.43 Å². The minimum absolute atomic E-state index is 0.156. The van der Waals surface area contributed by atoms with Gasteiger partial charge in [0.2, 0.25) is 0 Å². The first kappa shape index (κ1) is 11.8. The van der Waals surface area contributed by atoms with Crippen LogP contribution in [0.25, 0.3) is 0 Å². The molecule has 4 nitrogen and oxygen atoms in total. The van der Waals surface area contributed by atoms with Crippen molar-refractivity contribution >= 4 is 8.32 Å². The van der Waals surface area contributed by atoms with Crippen molar-refractivity contribution in [2.75, 3.05) is 0 Å². The minimum Gasteiger partial charge on any atom is -0.407 e. The van der Waals surface area contributed by atoms with Crippen molar-refractivity contribution in [3.63, 3.8) is 0 Å². The van der Waals surface area contributed by atoms with E-state index >= 15 is 0 Å². The van der Waals surface area contributed by atoms with Gasteiger partial charge in [-0.1, -0.05) is 20.8 Å². The third-order valence-electron chi connectivity index (χ3n) is 3.78. The number of nitrogens with zero attached hydrogens (tertiary/aromatic N) is 3. The summed E-state index contributed by atoms with van der Waals surface area (Å²) in [6.07, 6.45) is 2.79. The van der Waals surface area contributed by atoms with Gasteiger partial charge in [-0.15, -0.1) is 0 Å². The summed E-state index contributed by atoms with van der Waals surface area (Å²) in [4.78, 5) is 4.29. The van der Waals surface area contributed by atoms with Crippen molar-refractivity contribution in [1.82, 2.24) is 14.8 Å². The first-order chi connectivity index (χ1) is 7.31. The van der Waals surface area contributed by atoms with E-state index in [4.69, 9.17) is 4.43 Å². The summed E-state index contributed by atoms with van der Waals surface area (Å²) < 4.78 is 8.32. The van der Waals surface area contributed by atoms with Crippen molar-refractivity contribution in [3.05, 3.63) is 12.2 Å². The molecule has 0 saturated carbocycles. The lowest BCUT2D eigenvalue weighted by Gasteiger charge is -2.38. The van der Waals surface area contributed by atoms with Crippen LogP contribution >= 0.6 is 0 Å². The van der Waals surface area contributed by atoms with Crippen LogP contribution in [0.4, 0.5) is 0 Å². The lowest BCUT2D eigenvalue weighted by Crippen LogP contribution is -2.41. The molecule has 1 atom stereocenters. The predicted molar refractivity (Wildman–Crippen MR) is 65.7 cm³/mol. The molecule has 1 aliphatic heterocycles. The molecule has 1 aromatic heterocycles. The van der Waals surface area contributed by atoms with Gasteiger partial charge in [0.1, 0.15) is 12.4 Å². The molecule has 0 amide bonds. The Morgan fingerprint density at radius 1 is 1.44 bits per heavy atom. The maximum atomic E-state index is 6.36. The largest absolute Gasteiger partial charge is 0.407 e. The molecule has 1 unspecified atom stereocenters. The van der Waals surface area contributed by atoms with Gasteiger partial charge in [0.05, 0.1) is 0 Å². The molecule has 5 heteroatoms. The molecule has 1 aromatic rings. The molecule has 0 saturated heterocycles. The Labute approximate surface area is 98.2 Å². The molecule has 16 heavy (non-hydrogen) atoms. The average molecular weight is 239 g/mol. The summed E-state index contributed by atoms with van der Waals surface area (Å²) >= 11 is 0. The molecule has 0 bridgehead atoms. The highest BCUT2D eigenvalue weighted by atomic mass is 28.4. The van der Waals surface area contributed by atoms with Crippen molar-refractivity contribution in [3.8, 4) is 0 Å². The van der Waals surface area contributed by atoms with Crippen LogP contribution in [0.1, 0.15) is 39.1 Å². The number of hydrogen-bond donors (Lipinski definition) is 0. The molecule has 2 rings (SSSR count). The van der Waals surface area contributed by atoms with Gasteiger partial charge in [0.15, 0.2) is 14.1 Å². The summed E-state index contributed by atoms with van der Waals surface area (Å²) in [6, 6.07) is 0. The van der Waals surface area contributed by atoms with Gasteiger partial charge >= 0.3 is 0 Å². The Kier molecular flexibility index (Phi) is 2.70. The number of aromatic nitrogens is 3. The van der Waals surface area contributed by atoms with E-state index in [1.807, 2.05) is 4.68 Å². The fourth-order valence-corrected chi connectivity index (χ4v) is 3.00. The fourth-order valence-electron chi connectivity index (χ4n) is 1.71. The molecular weight excluding hydrogens is 218 g/mol. The van der Waals surface area contributed by atoms with Crippen LogP contribution in [0.15, 0.2) is 6.33 Å². The van der Waals surface area contributed by atoms with Gasteiger partial charge in [0, 0.05) is 6.54 Å². The zero-order chi connectivity index (χ0) is 12.0. The Hall–Kier alpha value is -0.683. The summed E-state index contributed by atoms with van der Waals surface area (Å²) in [5.74, 6) is 1.00. The van der Waals surface area contributed by atoms with Crippen molar-refractivity contribution in [1.29, 1.82) is 0 Å². The van der Waals surface area contributed by atoms with Gasteiger partial charge in [0.25, 0.3) is 0 Å². The third-order valence-corrected chi connectivity index (χ3v) is 8.27. The van der Waals surface area contributed by atoms with Gasteiger partial charge in [-0.05, 0) is 24.6 Å². The second-order valence-electron chi connectivity index (χ2n) is 6.00. The molecular formula is C11H21N3OSi. The lowest BCUT2D eigenvalue weighted by atomic mass is 10.2. The van der Waals surface area contributed by atoms with E-state index in [0.29, 0.717) is 0 Å². The highest BCUT2D eigenvalue weighted by molar-refractivity contribution is 6.74.